The van der Waals surface area contributed by atoms with Crippen molar-refractivity contribution in [1.29, 1.82) is 0 Å². The molecular weight excluding hydrogens is 270 g/mol. The second kappa shape index (κ2) is 6.58. The first kappa shape index (κ1) is 14.6. The van der Waals surface area contributed by atoms with Gasteiger partial charge < -0.3 is 5.32 Å². The quantitative estimate of drug-likeness (QED) is 0.846. The molecule has 0 aliphatic carbocycles. The Hall–Kier alpha value is -1.80. The van der Waals surface area contributed by atoms with E-state index in [1.165, 1.54) is 0 Å². The van der Waals surface area contributed by atoms with E-state index in [4.69, 9.17) is 11.6 Å². The molecule has 1 N–H and O–H groups in total. The van der Waals surface area contributed by atoms with Crippen LogP contribution in [0, 0.1) is 13.8 Å². The average Bonchev–Trinajstić information content (AvgIpc) is 2.45. The normalized spacial score (nSPS) is 11.9. The lowest BCUT2D eigenvalue weighted by Gasteiger charge is -2.17. The molecule has 0 aromatic heterocycles. The summed E-state index contributed by atoms with van der Waals surface area (Å²) >= 11 is 5.98. The van der Waals surface area contributed by atoms with Gasteiger partial charge in [-0.05, 0) is 31.0 Å². The van der Waals surface area contributed by atoms with Crippen LogP contribution in [0.4, 0.5) is 0 Å². The molecule has 0 saturated heterocycles. The lowest BCUT2D eigenvalue weighted by molar-refractivity contribution is 0.0939. The largest absolute Gasteiger partial charge is 0.344 e. The van der Waals surface area contributed by atoms with E-state index in [1.807, 2.05) is 62.4 Å². The van der Waals surface area contributed by atoms with Gasteiger partial charge in [0.1, 0.15) is 0 Å². The lowest BCUT2D eigenvalue weighted by atomic mass is 10.0. The van der Waals surface area contributed by atoms with Gasteiger partial charge in [0, 0.05) is 11.4 Å². The highest BCUT2D eigenvalue weighted by Crippen LogP contribution is 2.16. The summed E-state index contributed by atoms with van der Waals surface area (Å²) in [4.78, 5) is 12.3. The molecule has 2 rings (SSSR count). The number of halogens is 1. The third-order valence-electron chi connectivity index (χ3n) is 3.29. The maximum absolute atomic E-state index is 12.3. The van der Waals surface area contributed by atoms with Crippen LogP contribution in [0.1, 0.15) is 33.1 Å². The van der Waals surface area contributed by atoms with Crippen molar-refractivity contribution in [3.63, 3.8) is 0 Å². The number of alkyl halides is 1. The first-order valence-corrected chi connectivity index (χ1v) is 7.14. The van der Waals surface area contributed by atoms with Crippen molar-refractivity contribution in [2.24, 2.45) is 0 Å². The number of hydrogen-bond acceptors (Lipinski definition) is 1. The zero-order chi connectivity index (χ0) is 14.5. The van der Waals surface area contributed by atoms with Crippen LogP contribution in [0.5, 0.6) is 0 Å². The summed E-state index contributed by atoms with van der Waals surface area (Å²) in [5, 5.41) is 2.99. The van der Waals surface area contributed by atoms with Crippen LogP contribution in [0.15, 0.2) is 48.5 Å². The molecule has 0 saturated carbocycles. The molecule has 3 heteroatoms. The molecule has 1 atom stereocenters. The van der Waals surface area contributed by atoms with Gasteiger partial charge in [-0.3, -0.25) is 4.79 Å². The Bertz CT molecular complexity index is 595. The standard InChI is InChI=1S/C17H18ClNO/c1-12-8-9-15(13(2)10-12)17(20)19-16(11-18)14-6-4-3-5-7-14/h3-10,16H,11H2,1-2H3,(H,19,20). The maximum atomic E-state index is 12.3. The molecule has 2 nitrogen and oxygen atoms in total. The van der Waals surface area contributed by atoms with Crippen molar-refractivity contribution in [3.05, 3.63) is 70.8 Å². The molecule has 20 heavy (non-hydrogen) atoms. The molecule has 2 aromatic carbocycles. The van der Waals surface area contributed by atoms with Gasteiger partial charge in [-0.25, -0.2) is 0 Å². The summed E-state index contributed by atoms with van der Waals surface area (Å²) in [6.45, 7) is 3.96. The van der Waals surface area contributed by atoms with E-state index in [2.05, 4.69) is 5.32 Å². The molecule has 0 heterocycles. The summed E-state index contributed by atoms with van der Waals surface area (Å²) < 4.78 is 0. The second-order valence-electron chi connectivity index (χ2n) is 4.91. The molecule has 0 radical (unpaired) electrons. The van der Waals surface area contributed by atoms with E-state index in [1.54, 1.807) is 0 Å². The molecule has 1 amide bonds. The Kier molecular flexibility index (Phi) is 4.80. The minimum absolute atomic E-state index is 0.0861. The van der Waals surface area contributed by atoms with E-state index in [0.29, 0.717) is 11.4 Å². The van der Waals surface area contributed by atoms with E-state index < -0.39 is 0 Å². The molecule has 0 spiro atoms. The fourth-order valence-corrected chi connectivity index (χ4v) is 2.46. The highest BCUT2D eigenvalue weighted by atomic mass is 35.5. The Balaban J connectivity index is 2.17. The van der Waals surface area contributed by atoms with E-state index in [-0.39, 0.29) is 11.9 Å². The summed E-state index contributed by atoms with van der Waals surface area (Å²) in [7, 11) is 0. The summed E-state index contributed by atoms with van der Waals surface area (Å²) in [5.74, 6) is 0.262. The highest BCUT2D eigenvalue weighted by Gasteiger charge is 2.15. The smallest absolute Gasteiger partial charge is 0.252 e. The van der Waals surface area contributed by atoms with Crippen molar-refractivity contribution in [3.8, 4) is 0 Å². The predicted octanol–water partition coefficient (Wildman–Crippen LogP) is 4.01. The molecule has 104 valence electrons. The third-order valence-corrected chi connectivity index (χ3v) is 3.60. The van der Waals surface area contributed by atoms with E-state index in [0.717, 1.165) is 16.7 Å². The van der Waals surface area contributed by atoms with Gasteiger partial charge in [-0.15, -0.1) is 11.6 Å². The molecule has 0 bridgehead atoms. The van der Waals surface area contributed by atoms with Crippen molar-refractivity contribution < 1.29 is 4.79 Å². The molecule has 0 aliphatic heterocycles. The van der Waals surface area contributed by atoms with Crippen molar-refractivity contribution >= 4 is 17.5 Å². The van der Waals surface area contributed by atoms with E-state index >= 15 is 0 Å². The number of nitrogens with one attached hydrogen (secondary N) is 1. The van der Waals surface area contributed by atoms with Gasteiger partial charge in [0.15, 0.2) is 0 Å². The Morgan fingerprint density at radius 3 is 2.45 bits per heavy atom. The topological polar surface area (TPSA) is 29.1 Å². The number of carbonyl (C=O) groups is 1. The number of aryl methyl sites for hydroxylation is 2. The number of amides is 1. The Morgan fingerprint density at radius 2 is 1.85 bits per heavy atom. The van der Waals surface area contributed by atoms with Crippen molar-refractivity contribution in [2.75, 3.05) is 5.88 Å². The van der Waals surface area contributed by atoms with Crippen LogP contribution >= 0.6 is 11.6 Å². The monoisotopic (exact) mass is 287 g/mol. The number of benzene rings is 2. The minimum atomic E-state index is -0.175. The van der Waals surface area contributed by atoms with Crippen LogP contribution < -0.4 is 5.32 Å². The number of hydrogen-bond donors (Lipinski definition) is 1. The van der Waals surface area contributed by atoms with Crippen LogP contribution in [-0.4, -0.2) is 11.8 Å². The summed E-state index contributed by atoms with van der Waals surface area (Å²) in [6.07, 6.45) is 0. The molecule has 0 aliphatic rings. The fourth-order valence-electron chi connectivity index (χ4n) is 2.20. The zero-order valence-corrected chi connectivity index (χ0v) is 12.4. The fraction of sp³-hybridized carbons (Fsp3) is 0.235. The van der Waals surface area contributed by atoms with Crippen molar-refractivity contribution in [2.45, 2.75) is 19.9 Å². The SMILES string of the molecule is Cc1ccc(C(=O)NC(CCl)c2ccccc2)c(C)c1. The van der Waals surface area contributed by atoms with Crippen LogP contribution in [-0.2, 0) is 0 Å². The van der Waals surface area contributed by atoms with E-state index in [9.17, 15) is 4.79 Å². The lowest BCUT2D eigenvalue weighted by Crippen LogP contribution is -2.30. The molecular formula is C17H18ClNO. The first-order chi connectivity index (χ1) is 9.61. The average molecular weight is 288 g/mol. The second-order valence-corrected chi connectivity index (χ2v) is 5.22. The zero-order valence-electron chi connectivity index (χ0n) is 11.7. The Labute approximate surface area is 124 Å². The first-order valence-electron chi connectivity index (χ1n) is 6.61. The van der Waals surface area contributed by atoms with Gasteiger partial charge >= 0.3 is 0 Å². The van der Waals surface area contributed by atoms with Gasteiger partial charge in [0.05, 0.1) is 6.04 Å². The highest BCUT2D eigenvalue weighted by molar-refractivity contribution is 6.18. The van der Waals surface area contributed by atoms with Crippen LogP contribution in [0.25, 0.3) is 0 Å². The summed E-state index contributed by atoms with van der Waals surface area (Å²) in [6, 6.07) is 15.4. The Morgan fingerprint density at radius 1 is 1.15 bits per heavy atom. The molecule has 1 unspecified atom stereocenters. The number of carbonyl (C=O) groups excluding carboxylic acids is 1. The van der Waals surface area contributed by atoms with Gasteiger partial charge in [0.25, 0.3) is 5.91 Å². The van der Waals surface area contributed by atoms with Crippen molar-refractivity contribution in [1.82, 2.24) is 5.32 Å². The maximum Gasteiger partial charge on any atom is 0.252 e. The van der Waals surface area contributed by atoms with Crippen LogP contribution in [0.3, 0.4) is 0 Å². The van der Waals surface area contributed by atoms with Gasteiger partial charge in [-0.2, -0.15) is 0 Å². The summed E-state index contributed by atoms with van der Waals surface area (Å²) in [5.41, 5.74) is 3.84. The minimum Gasteiger partial charge on any atom is -0.344 e. The number of rotatable bonds is 4. The predicted molar refractivity (Wildman–Crippen MR) is 83.3 cm³/mol. The van der Waals surface area contributed by atoms with Gasteiger partial charge in [0.2, 0.25) is 0 Å². The van der Waals surface area contributed by atoms with Gasteiger partial charge in [-0.1, -0.05) is 48.0 Å². The molecule has 0 fully saturated rings. The van der Waals surface area contributed by atoms with Crippen LogP contribution in [0.2, 0.25) is 0 Å². The molecule has 2 aromatic rings. The third kappa shape index (κ3) is 3.40.